The molecule has 0 saturated carbocycles. The van der Waals surface area contributed by atoms with Crippen LogP contribution in [0.3, 0.4) is 0 Å². The molecule has 2 amide bonds. The van der Waals surface area contributed by atoms with Crippen molar-refractivity contribution in [2.45, 2.75) is 53.5 Å². The minimum absolute atomic E-state index is 0.168. The number of anilines is 2. The molecule has 186 valence electrons. The Morgan fingerprint density at radius 2 is 1.78 bits per heavy atom. The molecule has 8 heteroatoms. The minimum atomic E-state index is -0.343. The van der Waals surface area contributed by atoms with E-state index in [2.05, 4.69) is 22.5 Å². The van der Waals surface area contributed by atoms with E-state index in [0.29, 0.717) is 26.3 Å². The van der Waals surface area contributed by atoms with Gasteiger partial charge in [-0.3, -0.25) is 19.0 Å². The van der Waals surface area contributed by atoms with E-state index in [1.807, 2.05) is 56.3 Å². The van der Waals surface area contributed by atoms with Crippen LogP contribution in [-0.2, 0) is 17.8 Å². The number of thiophene rings is 1. The average molecular weight is 503 g/mol. The number of unbranched alkanes of at least 4 members (excludes halogenated alkanes) is 1. The Morgan fingerprint density at radius 1 is 1.03 bits per heavy atom. The highest BCUT2D eigenvalue weighted by molar-refractivity contribution is 7.20. The number of carbonyl (C=O) groups excluding carboxylic acids is 2. The fourth-order valence-electron chi connectivity index (χ4n) is 4.11. The number of rotatable bonds is 8. The lowest BCUT2D eigenvalue weighted by Gasteiger charge is -2.09. The Morgan fingerprint density at radius 3 is 2.47 bits per heavy atom. The number of aryl methyl sites for hydroxylation is 4. The van der Waals surface area contributed by atoms with Crippen LogP contribution in [0, 0.1) is 20.8 Å². The maximum atomic E-state index is 13.2. The van der Waals surface area contributed by atoms with Crippen LogP contribution < -0.4 is 16.2 Å². The highest BCUT2D eigenvalue weighted by Gasteiger charge is 2.20. The van der Waals surface area contributed by atoms with E-state index in [1.54, 1.807) is 6.92 Å². The second-order valence-electron chi connectivity index (χ2n) is 9.04. The number of hydrogen-bond donors (Lipinski definition) is 2. The number of nitrogens with zero attached hydrogens (tertiary/aromatic N) is 2. The van der Waals surface area contributed by atoms with Gasteiger partial charge in [0.25, 0.3) is 11.5 Å². The summed E-state index contributed by atoms with van der Waals surface area (Å²) >= 11 is 1.17. The van der Waals surface area contributed by atoms with Gasteiger partial charge in [0.15, 0.2) is 0 Å². The van der Waals surface area contributed by atoms with E-state index in [-0.39, 0.29) is 23.9 Å². The highest BCUT2D eigenvalue weighted by atomic mass is 32.1. The molecule has 2 aromatic heterocycles. The van der Waals surface area contributed by atoms with Crippen molar-refractivity contribution in [1.29, 1.82) is 0 Å². The van der Waals surface area contributed by atoms with Crippen molar-refractivity contribution in [2.75, 3.05) is 10.6 Å². The topological polar surface area (TPSA) is 93.1 Å². The fourth-order valence-corrected chi connectivity index (χ4v) is 5.15. The molecule has 4 rings (SSSR count). The van der Waals surface area contributed by atoms with Gasteiger partial charge in [-0.25, -0.2) is 4.98 Å². The molecular formula is C28H30N4O3S. The normalized spacial score (nSPS) is 11.0. The van der Waals surface area contributed by atoms with Gasteiger partial charge in [0.2, 0.25) is 5.91 Å². The SMILES string of the molecule is CCCCc1ccc(NC(=O)Cn2cnc3sc(C(=O)Nc4ccc(C)cc4C)c(C)c3c2=O)cc1. The van der Waals surface area contributed by atoms with Crippen LogP contribution in [0.15, 0.2) is 53.6 Å². The first-order valence-electron chi connectivity index (χ1n) is 12.0. The smallest absolute Gasteiger partial charge is 0.266 e. The standard InChI is InChI=1S/C28H30N4O3S/c1-5-6-7-20-9-11-21(12-10-20)30-23(33)15-32-16-29-27-24(28(32)35)19(4)25(36-27)26(34)31-22-13-8-17(2)14-18(22)3/h8-14,16H,5-7,15H2,1-4H3,(H,30,33)(H,31,34). The quantitative estimate of drug-likeness (QED) is 0.327. The zero-order valence-corrected chi connectivity index (χ0v) is 21.8. The van der Waals surface area contributed by atoms with Crippen LogP contribution in [0.4, 0.5) is 11.4 Å². The molecule has 0 aliphatic rings. The predicted molar refractivity (Wildman–Crippen MR) is 146 cm³/mol. The van der Waals surface area contributed by atoms with Gasteiger partial charge in [-0.1, -0.05) is 43.2 Å². The second kappa shape index (κ2) is 10.9. The molecule has 2 aromatic carbocycles. The summed E-state index contributed by atoms with van der Waals surface area (Å²) in [6.07, 6.45) is 4.63. The first kappa shape index (κ1) is 25.3. The van der Waals surface area contributed by atoms with Crippen LogP contribution in [0.2, 0.25) is 0 Å². The first-order valence-corrected chi connectivity index (χ1v) is 12.8. The van der Waals surface area contributed by atoms with Crippen molar-refractivity contribution in [1.82, 2.24) is 9.55 Å². The Labute approximate surface area is 214 Å². The molecule has 7 nitrogen and oxygen atoms in total. The first-order chi connectivity index (χ1) is 17.3. The minimum Gasteiger partial charge on any atom is -0.325 e. The summed E-state index contributed by atoms with van der Waals surface area (Å²) < 4.78 is 1.28. The van der Waals surface area contributed by atoms with Crippen molar-refractivity contribution in [3.05, 3.63) is 86.3 Å². The Kier molecular flexibility index (Phi) is 7.64. The molecule has 0 unspecified atom stereocenters. The number of fused-ring (bicyclic) bond motifs is 1. The molecule has 2 heterocycles. The number of aromatic nitrogens is 2. The molecule has 0 saturated heterocycles. The molecular weight excluding hydrogens is 472 g/mol. The number of amides is 2. The van der Waals surface area contributed by atoms with Crippen LogP contribution in [0.25, 0.3) is 10.2 Å². The number of nitrogens with one attached hydrogen (secondary N) is 2. The summed E-state index contributed by atoms with van der Waals surface area (Å²) in [6.45, 7) is 7.66. The van der Waals surface area contributed by atoms with Crippen molar-refractivity contribution in [3.8, 4) is 0 Å². The van der Waals surface area contributed by atoms with E-state index in [4.69, 9.17) is 0 Å². The molecule has 0 bridgehead atoms. The van der Waals surface area contributed by atoms with Gasteiger partial charge < -0.3 is 10.6 Å². The molecule has 2 N–H and O–H groups in total. The zero-order chi connectivity index (χ0) is 25.8. The molecule has 0 aliphatic heterocycles. The lowest BCUT2D eigenvalue weighted by Crippen LogP contribution is -2.28. The van der Waals surface area contributed by atoms with E-state index >= 15 is 0 Å². The molecule has 4 aromatic rings. The van der Waals surface area contributed by atoms with Gasteiger partial charge in [0.05, 0.1) is 16.6 Å². The molecule has 0 spiro atoms. The second-order valence-corrected chi connectivity index (χ2v) is 10.0. The Bertz CT molecular complexity index is 1490. The molecule has 0 aliphatic carbocycles. The molecule has 0 radical (unpaired) electrons. The van der Waals surface area contributed by atoms with E-state index in [1.165, 1.54) is 27.8 Å². The summed E-state index contributed by atoms with van der Waals surface area (Å²) in [7, 11) is 0. The van der Waals surface area contributed by atoms with Gasteiger partial charge in [0, 0.05) is 11.4 Å². The largest absolute Gasteiger partial charge is 0.325 e. The van der Waals surface area contributed by atoms with Gasteiger partial charge in [-0.2, -0.15) is 0 Å². The summed E-state index contributed by atoms with van der Waals surface area (Å²) in [6, 6.07) is 13.6. The zero-order valence-electron chi connectivity index (χ0n) is 21.0. The summed E-state index contributed by atoms with van der Waals surface area (Å²) in [5.41, 5.74) is 4.93. The van der Waals surface area contributed by atoms with Crippen LogP contribution in [0.5, 0.6) is 0 Å². The third-order valence-electron chi connectivity index (χ3n) is 6.12. The van der Waals surface area contributed by atoms with Crippen LogP contribution in [-0.4, -0.2) is 21.4 Å². The van der Waals surface area contributed by atoms with E-state index in [0.717, 1.165) is 36.1 Å². The van der Waals surface area contributed by atoms with Crippen molar-refractivity contribution < 1.29 is 9.59 Å². The maximum Gasteiger partial charge on any atom is 0.266 e. The van der Waals surface area contributed by atoms with E-state index < -0.39 is 0 Å². The number of carbonyl (C=O) groups is 2. The summed E-state index contributed by atoms with van der Waals surface area (Å²) in [4.78, 5) is 44.1. The maximum absolute atomic E-state index is 13.2. The van der Waals surface area contributed by atoms with Gasteiger partial charge in [-0.05, 0) is 68.5 Å². The van der Waals surface area contributed by atoms with Gasteiger partial charge in [0.1, 0.15) is 11.4 Å². The van der Waals surface area contributed by atoms with Crippen molar-refractivity contribution in [2.24, 2.45) is 0 Å². The van der Waals surface area contributed by atoms with Crippen molar-refractivity contribution >= 4 is 44.7 Å². The van der Waals surface area contributed by atoms with Crippen LogP contribution in [0.1, 0.15) is 51.7 Å². The summed E-state index contributed by atoms with van der Waals surface area (Å²) in [5, 5.41) is 6.13. The molecule has 0 fully saturated rings. The number of hydrogen-bond acceptors (Lipinski definition) is 5. The lowest BCUT2D eigenvalue weighted by atomic mass is 10.1. The van der Waals surface area contributed by atoms with Crippen molar-refractivity contribution in [3.63, 3.8) is 0 Å². The fraction of sp³-hybridized carbons (Fsp3) is 0.286. The number of benzene rings is 2. The predicted octanol–water partition coefficient (Wildman–Crippen LogP) is 5.62. The van der Waals surface area contributed by atoms with Gasteiger partial charge in [-0.15, -0.1) is 11.3 Å². The van der Waals surface area contributed by atoms with Gasteiger partial charge >= 0.3 is 0 Å². The Balaban J connectivity index is 1.51. The highest BCUT2D eigenvalue weighted by Crippen LogP contribution is 2.28. The average Bonchev–Trinajstić information content (AvgIpc) is 3.19. The third-order valence-corrected chi connectivity index (χ3v) is 7.32. The van der Waals surface area contributed by atoms with E-state index in [9.17, 15) is 14.4 Å². The van der Waals surface area contributed by atoms with Crippen LogP contribution >= 0.6 is 11.3 Å². The molecule has 36 heavy (non-hydrogen) atoms. The monoisotopic (exact) mass is 502 g/mol. The Hall–Kier alpha value is -3.78. The third kappa shape index (κ3) is 5.54. The summed E-state index contributed by atoms with van der Waals surface area (Å²) in [5.74, 6) is -0.603. The molecule has 0 atom stereocenters. The lowest BCUT2D eigenvalue weighted by molar-refractivity contribution is -0.116.